The number of carbonyl (C=O) groups is 1. The van der Waals surface area contributed by atoms with Crippen LogP contribution in [0.1, 0.15) is 38.8 Å². The lowest BCUT2D eigenvalue weighted by molar-refractivity contribution is 0.102. The fourth-order valence-corrected chi connectivity index (χ4v) is 3.57. The summed E-state index contributed by atoms with van der Waals surface area (Å²) in [6.45, 7) is 8.21. The van der Waals surface area contributed by atoms with Gasteiger partial charge in [0.1, 0.15) is 5.76 Å². The van der Waals surface area contributed by atoms with Crippen molar-refractivity contribution in [2.75, 3.05) is 10.6 Å². The molecule has 2 aromatic carbocycles. The third kappa shape index (κ3) is 4.38. The third-order valence-electron chi connectivity index (χ3n) is 5.37. The number of aryl methyl sites for hydroxylation is 3. The van der Waals surface area contributed by atoms with Crippen LogP contribution in [0, 0.1) is 27.7 Å². The molecule has 8 heteroatoms. The number of benzene rings is 2. The van der Waals surface area contributed by atoms with E-state index in [2.05, 4.69) is 20.9 Å². The molecule has 4 aromatic rings. The molecule has 0 atom stereocenters. The molecule has 0 aliphatic carbocycles. The van der Waals surface area contributed by atoms with Gasteiger partial charge >= 0.3 is 0 Å². The zero-order valence-electron chi connectivity index (χ0n) is 18.4. The van der Waals surface area contributed by atoms with Gasteiger partial charge in [0, 0.05) is 29.0 Å². The summed E-state index contributed by atoms with van der Waals surface area (Å²) in [5.74, 6) is 0.627. The van der Waals surface area contributed by atoms with Crippen molar-refractivity contribution in [3.05, 3.63) is 87.5 Å². The summed E-state index contributed by atoms with van der Waals surface area (Å²) in [6.07, 6.45) is 0. The molecule has 0 unspecified atom stereocenters. The summed E-state index contributed by atoms with van der Waals surface area (Å²) >= 11 is 6.23. The molecule has 0 fully saturated rings. The molecular formula is C24H24ClN5O2. The molecule has 2 aromatic heterocycles. The van der Waals surface area contributed by atoms with Crippen molar-refractivity contribution in [2.45, 2.75) is 34.2 Å². The van der Waals surface area contributed by atoms with E-state index < -0.39 is 0 Å². The van der Waals surface area contributed by atoms with Crippen LogP contribution in [-0.4, -0.2) is 20.8 Å². The van der Waals surface area contributed by atoms with Crippen LogP contribution in [0.15, 0.2) is 53.1 Å². The monoisotopic (exact) mass is 449 g/mol. The first-order valence-electron chi connectivity index (χ1n) is 10.2. The van der Waals surface area contributed by atoms with Crippen LogP contribution in [0.2, 0.25) is 5.02 Å². The van der Waals surface area contributed by atoms with Gasteiger partial charge in [-0.25, -0.2) is 4.68 Å². The highest BCUT2D eigenvalue weighted by Gasteiger charge is 2.12. The Balaban J connectivity index is 1.39. The second kappa shape index (κ2) is 8.88. The predicted octanol–water partition coefficient (Wildman–Crippen LogP) is 5.61. The van der Waals surface area contributed by atoms with Crippen LogP contribution in [0.5, 0.6) is 0 Å². The summed E-state index contributed by atoms with van der Waals surface area (Å²) in [4.78, 5) is 12.6. The standard InChI is InChI=1S/C24H24ClN5O2/c1-14-22(17(4)32-29-14)13-26-19-7-5-18(6-8-19)24(31)27-20-9-11-21(12-10-20)30-16(3)23(25)15(2)28-30/h5-12,26H,13H2,1-4H3,(H,27,31). The van der Waals surface area contributed by atoms with Crippen LogP contribution in [0.25, 0.3) is 5.69 Å². The van der Waals surface area contributed by atoms with Gasteiger partial charge in [0.2, 0.25) is 0 Å². The van der Waals surface area contributed by atoms with Gasteiger partial charge in [-0.1, -0.05) is 16.8 Å². The van der Waals surface area contributed by atoms with E-state index in [9.17, 15) is 4.79 Å². The largest absolute Gasteiger partial charge is 0.381 e. The van der Waals surface area contributed by atoms with Crippen LogP contribution in [0.4, 0.5) is 11.4 Å². The second-order valence-corrected chi connectivity index (χ2v) is 8.01. The number of halogens is 1. The minimum Gasteiger partial charge on any atom is -0.381 e. The molecule has 0 spiro atoms. The van der Waals surface area contributed by atoms with E-state index in [0.29, 0.717) is 22.8 Å². The molecule has 164 valence electrons. The van der Waals surface area contributed by atoms with Crippen molar-refractivity contribution >= 4 is 28.9 Å². The number of hydrogen-bond donors (Lipinski definition) is 2. The zero-order chi connectivity index (χ0) is 22.8. The Bertz CT molecular complexity index is 1240. The summed E-state index contributed by atoms with van der Waals surface area (Å²) < 4.78 is 6.97. The number of hydrogen-bond acceptors (Lipinski definition) is 5. The number of nitrogens with zero attached hydrogens (tertiary/aromatic N) is 3. The number of aromatic nitrogens is 3. The van der Waals surface area contributed by atoms with Gasteiger partial charge in [0.05, 0.1) is 27.8 Å². The molecule has 32 heavy (non-hydrogen) atoms. The summed E-state index contributed by atoms with van der Waals surface area (Å²) in [5.41, 5.74) is 6.64. The zero-order valence-corrected chi connectivity index (χ0v) is 19.1. The van der Waals surface area contributed by atoms with Crippen LogP contribution < -0.4 is 10.6 Å². The fraction of sp³-hybridized carbons (Fsp3) is 0.208. The van der Waals surface area contributed by atoms with Crippen LogP contribution in [-0.2, 0) is 6.54 Å². The first kappa shape index (κ1) is 21.6. The van der Waals surface area contributed by atoms with Gasteiger partial charge < -0.3 is 15.2 Å². The van der Waals surface area contributed by atoms with E-state index in [4.69, 9.17) is 16.1 Å². The average Bonchev–Trinajstić information content (AvgIpc) is 3.25. The van der Waals surface area contributed by atoms with E-state index >= 15 is 0 Å². The van der Waals surface area contributed by atoms with Crippen molar-refractivity contribution < 1.29 is 9.32 Å². The average molecular weight is 450 g/mol. The second-order valence-electron chi connectivity index (χ2n) is 7.63. The lowest BCUT2D eigenvalue weighted by Gasteiger charge is -2.09. The molecule has 4 rings (SSSR count). The van der Waals surface area contributed by atoms with Crippen molar-refractivity contribution in [2.24, 2.45) is 0 Å². The molecule has 0 saturated carbocycles. The molecule has 0 saturated heterocycles. The molecule has 7 nitrogen and oxygen atoms in total. The molecule has 2 N–H and O–H groups in total. The summed E-state index contributed by atoms with van der Waals surface area (Å²) in [6, 6.07) is 14.8. The molecule has 0 aliphatic heterocycles. The molecule has 0 radical (unpaired) electrons. The fourth-order valence-electron chi connectivity index (χ4n) is 3.45. The highest BCUT2D eigenvalue weighted by molar-refractivity contribution is 6.31. The first-order chi connectivity index (χ1) is 15.3. The highest BCUT2D eigenvalue weighted by atomic mass is 35.5. The number of nitrogens with one attached hydrogen (secondary N) is 2. The van der Waals surface area contributed by atoms with Gasteiger partial charge in [-0.15, -0.1) is 0 Å². The normalized spacial score (nSPS) is 10.9. The van der Waals surface area contributed by atoms with E-state index in [1.807, 2.05) is 64.1 Å². The van der Waals surface area contributed by atoms with Crippen molar-refractivity contribution in [3.63, 3.8) is 0 Å². The van der Waals surface area contributed by atoms with Gasteiger partial charge in [-0.05, 0) is 76.2 Å². The Morgan fingerprint density at radius 2 is 1.62 bits per heavy atom. The Morgan fingerprint density at radius 3 is 2.19 bits per heavy atom. The van der Waals surface area contributed by atoms with Crippen molar-refractivity contribution in [1.82, 2.24) is 14.9 Å². The maximum absolute atomic E-state index is 12.6. The minimum atomic E-state index is -0.177. The van der Waals surface area contributed by atoms with E-state index in [0.717, 1.165) is 39.8 Å². The van der Waals surface area contributed by atoms with Gasteiger partial charge in [-0.2, -0.15) is 5.10 Å². The van der Waals surface area contributed by atoms with Gasteiger partial charge in [-0.3, -0.25) is 4.79 Å². The number of amides is 1. The lowest BCUT2D eigenvalue weighted by atomic mass is 10.1. The van der Waals surface area contributed by atoms with Gasteiger partial charge in [0.25, 0.3) is 5.91 Å². The number of rotatable bonds is 6. The summed E-state index contributed by atoms with van der Waals surface area (Å²) in [5, 5.41) is 15.3. The maximum atomic E-state index is 12.6. The smallest absolute Gasteiger partial charge is 0.255 e. The van der Waals surface area contributed by atoms with E-state index in [1.54, 1.807) is 16.8 Å². The molecule has 0 aliphatic rings. The number of anilines is 2. The topological polar surface area (TPSA) is 85.0 Å². The maximum Gasteiger partial charge on any atom is 0.255 e. The SMILES string of the molecule is Cc1nn(-c2ccc(NC(=O)c3ccc(NCc4c(C)noc4C)cc3)cc2)c(C)c1Cl. The summed E-state index contributed by atoms with van der Waals surface area (Å²) in [7, 11) is 0. The van der Waals surface area contributed by atoms with E-state index in [1.165, 1.54) is 0 Å². The van der Waals surface area contributed by atoms with Crippen LogP contribution >= 0.6 is 11.6 Å². The Hall–Kier alpha value is -3.58. The third-order valence-corrected chi connectivity index (χ3v) is 5.92. The minimum absolute atomic E-state index is 0.177. The molecule has 1 amide bonds. The predicted molar refractivity (Wildman–Crippen MR) is 126 cm³/mol. The van der Waals surface area contributed by atoms with E-state index in [-0.39, 0.29) is 5.91 Å². The molecule has 0 bridgehead atoms. The van der Waals surface area contributed by atoms with Crippen molar-refractivity contribution in [3.8, 4) is 5.69 Å². The Morgan fingerprint density at radius 1 is 0.969 bits per heavy atom. The highest BCUT2D eigenvalue weighted by Crippen LogP contribution is 2.23. The van der Waals surface area contributed by atoms with Gasteiger partial charge in [0.15, 0.2) is 0 Å². The first-order valence-corrected chi connectivity index (χ1v) is 10.6. The molecule has 2 heterocycles. The van der Waals surface area contributed by atoms with Crippen molar-refractivity contribution in [1.29, 1.82) is 0 Å². The number of carbonyl (C=O) groups excluding carboxylic acids is 1. The lowest BCUT2D eigenvalue weighted by Crippen LogP contribution is -2.12. The van der Waals surface area contributed by atoms with Crippen LogP contribution in [0.3, 0.4) is 0 Å². The Kier molecular flexibility index (Phi) is 6.01. The Labute approximate surface area is 191 Å². The quantitative estimate of drug-likeness (QED) is 0.399. The molecular weight excluding hydrogens is 426 g/mol.